The van der Waals surface area contributed by atoms with Gasteiger partial charge in [0.15, 0.2) is 0 Å². The Kier molecular flexibility index (Phi) is 2.67. The molecule has 0 fully saturated rings. The standard InChI is InChI=1S/C7H8ClN3O2/c1-10(2)5-3-4-9-7(8)6(5)11(12)13/h3-4H,1-2H3. The third-order valence-electron chi connectivity index (χ3n) is 1.52. The van der Waals surface area contributed by atoms with Gasteiger partial charge >= 0.3 is 5.69 Å². The molecule has 0 aliphatic carbocycles. The first-order valence-corrected chi connectivity index (χ1v) is 3.88. The van der Waals surface area contributed by atoms with E-state index in [1.165, 1.54) is 6.20 Å². The van der Waals surface area contributed by atoms with E-state index in [4.69, 9.17) is 11.6 Å². The first-order chi connectivity index (χ1) is 6.04. The molecule has 0 spiro atoms. The summed E-state index contributed by atoms with van der Waals surface area (Å²) < 4.78 is 0. The van der Waals surface area contributed by atoms with Gasteiger partial charge in [-0.15, -0.1) is 0 Å². The molecule has 70 valence electrons. The molecule has 0 aliphatic rings. The summed E-state index contributed by atoms with van der Waals surface area (Å²) in [5.41, 5.74) is 0.291. The molecule has 0 atom stereocenters. The molecule has 0 aliphatic heterocycles. The van der Waals surface area contributed by atoms with Gasteiger partial charge in [0.1, 0.15) is 5.69 Å². The second kappa shape index (κ2) is 3.57. The van der Waals surface area contributed by atoms with Crippen LogP contribution in [-0.2, 0) is 0 Å². The maximum absolute atomic E-state index is 10.6. The van der Waals surface area contributed by atoms with Gasteiger partial charge in [-0.05, 0) is 6.07 Å². The number of aromatic nitrogens is 1. The molecule has 1 aromatic heterocycles. The zero-order valence-electron chi connectivity index (χ0n) is 7.19. The smallest absolute Gasteiger partial charge is 0.329 e. The summed E-state index contributed by atoms with van der Waals surface area (Å²) in [6.07, 6.45) is 1.44. The molecule has 0 radical (unpaired) electrons. The van der Waals surface area contributed by atoms with Crippen LogP contribution >= 0.6 is 11.6 Å². The summed E-state index contributed by atoms with van der Waals surface area (Å²) in [6.45, 7) is 0. The number of rotatable bonds is 2. The molecule has 1 heterocycles. The topological polar surface area (TPSA) is 59.3 Å². The van der Waals surface area contributed by atoms with E-state index >= 15 is 0 Å². The van der Waals surface area contributed by atoms with Crippen LogP contribution in [-0.4, -0.2) is 24.0 Å². The van der Waals surface area contributed by atoms with Crippen molar-refractivity contribution in [3.63, 3.8) is 0 Å². The van der Waals surface area contributed by atoms with Gasteiger partial charge in [0.25, 0.3) is 0 Å². The van der Waals surface area contributed by atoms with Crippen LogP contribution in [0.25, 0.3) is 0 Å². The average molecular weight is 202 g/mol. The molecule has 0 bridgehead atoms. The molecule has 0 unspecified atom stereocenters. The van der Waals surface area contributed by atoms with E-state index in [0.717, 1.165) is 0 Å². The Morgan fingerprint density at radius 3 is 2.62 bits per heavy atom. The van der Waals surface area contributed by atoms with Crippen molar-refractivity contribution in [2.24, 2.45) is 0 Å². The summed E-state index contributed by atoms with van der Waals surface area (Å²) in [4.78, 5) is 15.3. The van der Waals surface area contributed by atoms with E-state index in [-0.39, 0.29) is 10.8 Å². The van der Waals surface area contributed by atoms with Crippen LogP contribution in [0, 0.1) is 10.1 Å². The fourth-order valence-corrected chi connectivity index (χ4v) is 1.17. The average Bonchev–Trinajstić information content (AvgIpc) is 2.02. The van der Waals surface area contributed by atoms with Gasteiger partial charge in [-0.25, -0.2) is 4.98 Å². The monoisotopic (exact) mass is 201 g/mol. The molecule has 6 heteroatoms. The molecule has 0 aromatic carbocycles. The van der Waals surface area contributed by atoms with Gasteiger partial charge in [0.05, 0.1) is 4.92 Å². The van der Waals surface area contributed by atoms with Crippen molar-refractivity contribution in [3.8, 4) is 0 Å². The van der Waals surface area contributed by atoms with E-state index in [1.54, 1.807) is 25.1 Å². The van der Waals surface area contributed by atoms with Gasteiger partial charge in [-0.3, -0.25) is 10.1 Å². The van der Waals surface area contributed by atoms with E-state index in [2.05, 4.69) is 4.98 Å². The van der Waals surface area contributed by atoms with Gasteiger partial charge in [0.2, 0.25) is 5.15 Å². The Balaban J connectivity index is 3.34. The number of hydrogen-bond acceptors (Lipinski definition) is 4. The number of pyridine rings is 1. The lowest BCUT2D eigenvalue weighted by Crippen LogP contribution is -2.11. The van der Waals surface area contributed by atoms with E-state index in [9.17, 15) is 10.1 Å². The Hall–Kier alpha value is -1.36. The summed E-state index contributed by atoms with van der Waals surface area (Å²) in [5, 5.41) is 10.5. The summed E-state index contributed by atoms with van der Waals surface area (Å²) >= 11 is 5.59. The fourth-order valence-electron chi connectivity index (χ4n) is 0.949. The third-order valence-corrected chi connectivity index (χ3v) is 1.80. The predicted octanol–water partition coefficient (Wildman–Crippen LogP) is 1.71. The van der Waals surface area contributed by atoms with Crippen molar-refractivity contribution in [3.05, 3.63) is 27.5 Å². The first kappa shape index (κ1) is 9.73. The minimum atomic E-state index is -0.537. The van der Waals surface area contributed by atoms with Crippen LogP contribution in [0.2, 0.25) is 5.15 Å². The van der Waals surface area contributed by atoms with Crippen molar-refractivity contribution in [1.82, 2.24) is 4.98 Å². The normalized spacial score (nSPS) is 9.77. The number of nitrogens with zero attached hydrogens (tertiary/aromatic N) is 3. The summed E-state index contributed by atoms with van der Waals surface area (Å²) in [7, 11) is 3.41. The van der Waals surface area contributed by atoms with E-state index in [1.807, 2.05) is 0 Å². The molecule has 13 heavy (non-hydrogen) atoms. The Morgan fingerprint density at radius 1 is 1.62 bits per heavy atom. The second-order valence-corrected chi connectivity index (χ2v) is 2.98. The Morgan fingerprint density at radius 2 is 2.23 bits per heavy atom. The molecular weight excluding hydrogens is 194 g/mol. The largest absolute Gasteiger partial charge is 0.372 e. The highest BCUT2D eigenvalue weighted by Gasteiger charge is 2.20. The minimum absolute atomic E-state index is 0.0869. The predicted molar refractivity (Wildman–Crippen MR) is 50.2 cm³/mol. The zero-order valence-corrected chi connectivity index (χ0v) is 7.95. The van der Waals surface area contributed by atoms with Crippen LogP contribution in [0.1, 0.15) is 0 Å². The third kappa shape index (κ3) is 1.86. The molecular formula is C7H8ClN3O2. The fraction of sp³-hybridized carbons (Fsp3) is 0.286. The van der Waals surface area contributed by atoms with Crippen LogP contribution in [0.15, 0.2) is 12.3 Å². The number of nitro groups is 1. The van der Waals surface area contributed by atoms with Gasteiger partial charge in [0, 0.05) is 20.3 Å². The van der Waals surface area contributed by atoms with Crippen molar-refractivity contribution >= 4 is 23.0 Å². The van der Waals surface area contributed by atoms with E-state index in [0.29, 0.717) is 5.69 Å². The summed E-state index contributed by atoms with van der Waals surface area (Å²) in [5.74, 6) is 0. The van der Waals surface area contributed by atoms with Crippen LogP contribution in [0.4, 0.5) is 11.4 Å². The first-order valence-electron chi connectivity index (χ1n) is 3.50. The molecule has 5 nitrogen and oxygen atoms in total. The van der Waals surface area contributed by atoms with Crippen molar-refractivity contribution in [2.45, 2.75) is 0 Å². The molecule has 1 rings (SSSR count). The van der Waals surface area contributed by atoms with Crippen molar-refractivity contribution < 1.29 is 4.92 Å². The van der Waals surface area contributed by atoms with Crippen molar-refractivity contribution in [1.29, 1.82) is 0 Å². The molecule has 1 aromatic rings. The SMILES string of the molecule is CN(C)c1ccnc(Cl)c1[N+](=O)[O-]. The van der Waals surface area contributed by atoms with Gasteiger partial charge < -0.3 is 4.90 Å². The lowest BCUT2D eigenvalue weighted by Gasteiger charge is -2.11. The molecule has 0 amide bonds. The molecule has 0 saturated heterocycles. The lowest BCUT2D eigenvalue weighted by molar-refractivity contribution is -0.384. The minimum Gasteiger partial charge on any atom is -0.372 e. The zero-order chi connectivity index (χ0) is 10.0. The van der Waals surface area contributed by atoms with Crippen LogP contribution in [0.5, 0.6) is 0 Å². The maximum atomic E-state index is 10.6. The maximum Gasteiger partial charge on any atom is 0.329 e. The van der Waals surface area contributed by atoms with E-state index < -0.39 is 4.92 Å². The second-order valence-electron chi connectivity index (χ2n) is 2.62. The lowest BCUT2D eigenvalue weighted by atomic mass is 10.3. The number of anilines is 1. The van der Waals surface area contributed by atoms with Gasteiger partial charge in [-0.1, -0.05) is 11.6 Å². The Labute approximate surface area is 80.1 Å². The van der Waals surface area contributed by atoms with Crippen LogP contribution in [0.3, 0.4) is 0 Å². The van der Waals surface area contributed by atoms with Crippen LogP contribution < -0.4 is 4.90 Å². The highest BCUT2D eigenvalue weighted by molar-refractivity contribution is 6.32. The number of halogens is 1. The quantitative estimate of drug-likeness (QED) is 0.415. The van der Waals surface area contributed by atoms with Crippen molar-refractivity contribution in [2.75, 3.05) is 19.0 Å². The Bertz CT molecular complexity index is 341. The van der Waals surface area contributed by atoms with Gasteiger partial charge in [-0.2, -0.15) is 0 Å². The molecule has 0 saturated carbocycles. The highest BCUT2D eigenvalue weighted by atomic mass is 35.5. The highest BCUT2D eigenvalue weighted by Crippen LogP contribution is 2.31. The number of hydrogen-bond donors (Lipinski definition) is 0. The summed E-state index contributed by atoms with van der Waals surface area (Å²) in [6, 6.07) is 1.55. The molecule has 0 N–H and O–H groups in total.